The Morgan fingerprint density at radius 1 is 1.10 bits per heavy atom. The number of aromatic nitrogens is 2. The smallest absolute Gasteiger partial charge is 0.275 e. The maximum atomic E-state index is 11.5. The topological polar surface area (TPSA) is 87.2 Å². The summed E-state index contributed by atoms with van der Waals surface area (Å²) in [5.41, 5.74) is 5.63. The van der Waals surface area contributed by atoms with Gasteiger partial charge in [-0.1, -0.05) is 30.3 Å². The summed E-state index contributed by atoms with van der Waals surface area (Å²) in [5, 5.41) is 16.4. The number of azo groups is 1. The number of aliphatic imine (C=N–C) groups is 1. The molecular formula is C23H25N7O. The van der Waals surface area contributed by atoms with E-state index >= 15 is 0 Å². The van der Waals surface area contributed by atoms with Crippen molar-refractivity contribution in [2.75, 3.05) is 23.3 Å². The Labute approximate surface area is 181 Å². The second-order valence-electron chi connectivity index (χ2n) is 7.25. The lowest BCUT2D eigenvalue weighted by molar-refractivity contribution is -0.115. The number of carbonyl (C=O) groups is 1. The van der Waals surface area contributed by atoms with Crippen LogP contribution in [0.1, 0.15) is 26.3 Å². The van der Waals surface area contributed by atoms with Crippen molar-refractivity contribution in [2.24, 2.45) is 15.2 Å². The molecule has 1 amide bonds. The molecule has 0 saturated carbocycles. The summed E-state index contributed by atoms with van der Waals surface area (Å²) < 4.78 is 1.51. The second kappa shape index (κ2) is 8.51. The van der Waals surface area contributed by atoms with Crippen LogP contribution in [0.15, 0.2) is 63.8 Å². The molecule has 2 heterocycles. The van der Waals surface area contributed by atoms with Gasteiger partial charge in [0.05, 0.1) is 0 Å². The average molecular weight is 416 g/mol. The highest BCUT2D eigenvalue weighted by molar-refractivity contribution is 6.00. The predicted molar refractivity (Wildman–Crippen MR) is 124 cm³/mol. The van der Waals surface area contributed by atoms with Crippen LogP contribution >= 0.6 is 0 Å². The predicted octanol–water partition coefficient (Wildman–Crippen LogP) is 5.30. The van der Waals surface area contributed by atoms with Crippen LogP contribution in [-0.2, 0) is 4.79 Å². The van der Waals surface area contributed by atoms with Crippen molar-refractivity contribution in [3.8, 4) is 11.3 Å². The van der Waals surface area contributed by atoms with E-state index in [1.54, 1.807) is 0 Å². The summed E-state index contributed by atoms with van der Waals surface area (Å²) in [7, 11) is 0. The molecule has 2 aromatic carbocycles. The number of amides is 1. The molecule has 3 aromatic rings. The molecule has 1 N–H and O–H groups in total. The monoisotopic (exact) mass is 415 g/mol. The molecular weight excluding hydrogens is 390 g/mol. The lowest BCUT2D eigenvalue weighted by atomic mass is 10.1. The first-order chi connectivity index (χ1) is 15.0. The number of aryl methyl sites for hydroxylation is 1. The Morgan fingerprint density at radius 2 is 1.84 bits per heavy atom. The molecule has 0 radical (unpaired) electrons. The Morgan fingerprint density at radius 3 is 2.48 bits per heavy atom. The number of benzene rings is 2. The van der Waals surface area contributed by atoms with E-state index < -0.39 is 0 Å². The zero-order chi connectivity index (χ0) is 22.0. The molecule has 158 valence electrons. The van der Waals surface area contributed by atoms with Crippen molar-refractivity contribution < 1.29 is 4.79 Å². The molecule has 0 unspecified atom stereocenters. The van der Waals surface area contributed by atoms with Crippen molar-refractivity contribution in [1.29, 1.82) is 0 Å². The van der Waals surface area contributed by atoms with E-state index in [1.165, 1.54) is 17.3 Å². The molecule has 31 heavy (non-hydrogen) atoms. The van der Waals surface area contributed by atoms with Crippen LogP contribution in [0.3, 0.4) is 0 Å². The molecule has 0 saturated heterocycles. The van der Waals surface area contributed by atoms with Crippen molar-refractivity contribution >= 4 is 34.7 Å². The van der Waals surface area contributed by atoms with E-state index in [2.05, 4.69) is 69.5 Å². The first-order valence-electron chi connectivity index (χ1n) is 10.3. The highest BCUT2D eigenvalue weighted by Crippen LogP contribution is 2.41. The van der Waals surface area contributed by atoms with Gasteiger partial charge in [0.15, 0.2) is 0 Å². The van der Waals surface area contributed by atoms with Crippen LogP contribution in [0.2, 0.25) is 0 Å². The largest absolute Gasteiger partial charge is 0.372 e. The second-order valence-corrected chi connectivity index (χ2v) is 7.25. The van der Waals surface area contributed by atoms with Crippen LogP contribution in [0.4, 0.5) is 22.9 Å². The third kappa shape index (κ3) is 3.96. The van der Waals surface area contributed by atoms with Crippen molar-refractivity contribution in [1.82, 2.24) is 9.78 Å². The normalized spacial score (nSPS) is 13.5. The van der Waals surface area contributed by atoms with Crippen molar-refractivity contribution in [2.45, 2.75) is 27.7 Å². The van der Waals surface area contributed by atoms with Gasteiger partial charge in [-0.3, -0.25) is 4.79 Å². The molecule has 1 aliphatic heterocycles. The fraction of sp³-hybridized carbons (Fsp3) is 0.261. The number of hydrogen-bond acceptors (Lipinski definition) is 5. The van der Waals surface area contributed by atoms with Gasteiger partial charge in [-0.05, 0) is 44.5 Å². The summed E-state index contributed by atoms with van der Waals surface area (Å²) in [6, 6.07) is 16.2. The summed E-state index contributed by atoms with van der Waals surface area (Å²) in [6.07, 6.45) is 0. The average Bonchev–Trinajstić information content (AvgIpc) is 3.31. The number of nitrogens with zero attached hydrogens (tertiary/aromatic N) is 6. The van der Waals surface area contributed by atoms with E-state index in [0.29, 0.717) is 5.82 Å². The van der Waals surface area contributed by atoms with Crippen LogP contribution in [-0.4, -0.2) is 34.7 Å². The standard InChI is InChI=1S/C23H25N7O/c1-5-29(6-2)18-12-13-19(15(3)14-18)25-21-20(17-10-8-7-9-11-17)28-30-22(21)26-27-23(30)24-16(4)31/h7-14,25H,5-6H2,1-4H3. The highest BCUT2D eigenvalue weighted by Gasteiger charge is 2.27. The molecule has 4 rings (SSSR count). The molecule has 0 atom stereocenters. The van der Waals surface area contributed by atoms with Crippen LogP contribution in [0, 0.1) is 6.92 Å². The third-order valence-electron chi connectivity index (χ3n) is 5.19. The molecule has 1 aromatic heterocycles. The van der Waals surface area contributed by atoms with E-state index in [1.807, 2.05) is 30.3 Å². The number of fused-ring (bicyclic) bond motifs is 1. The SMILES string of the molecule is CCN(CC)c1ccc(Nc2c(-c3ccccc3)nn3c2N=NC3=NC(C)=O)c(C)c1. The number of nitrogens with one attached hydrogen (secondary N) is 1. The lowest BCUT2D eigenvalue weighted by Gasteiger charge is -2.22. The van der Waals surface area contributed by atoms with E-state index in [9.17, 15) is 4.79 Å². The molecule has 8 nitrogen and oxygen atoms in total. The van der Waals surface area contributed by atoms with E-state index in [0.717, 1.165) is 41.3 Å². The maximum absolute atomic E-state index is 11.5. The molecule has 0 bridgehead atoms. The summed E-state index contributed by atoms with van der Waals surface area (Å²) >= 11 is 0. The van der Waals surface area contributed by atoms with Crippen LogP contribution in [0.5, 0.6) is 0 Å². The van der Waals surface area contributed by atoms with Crippen molar-refractivity contribution in [3.05, 3.63) is 54.1 Å². The number of rotatable bonds is 6. The van der Waals surface area contributed by atoms with Crippen LogP contribution < -0.4 is 10.2 Å². The fourth-order valence-electron chi connectivity index (χ4n) is 3.61. The number of carbonyl (C=O) groups excluding carboxylic acids is 1. The van der Waals surface area contributed by atoms with E-state index in [-0.39, 0.29) is 11.9 Å². The Hall–Kier alpha value is -3.81. The molecule has 0 aliphatic carbocycles. The minimum Gasteiger partial charge on any atom is -0.372 e. The molecule has 8 heteroatoms. The number of anilines is 3. The summed E-state index contributed by atoms with van der Waals surface area (Å²) in [5.74, 6) is 0.336. The molecule has 0 spiro atoms. The van der Waals surface area contributed by atoms with Crippen LogP contribution in [0.25, 0.3) is 11.3 Å². The van der Waals surface area contributed by atoms with Gasteiger partial charge in [0.25, 0.3) is 5.96 Å². The Bertz CT molecular complexity index is 1170. The van der Waals surface area contributed by atoms with Gasteiger partial charge in [-0.2, -0.15) is 14.8 Å². The van der Waals surface area contributed by atoms with Gasteiger partial charge >= 0.3 is 0 Å². The van der Waals surface area contributed by atoms with Crippen molar-refractivity contribution in [3.63, 3.8) is 0 Å². The Kier molecular flexibility index (Phi) is 5.62. The highest BCUT2D eigenvalue weighted by atomic mass is 16.1. The fourth-order valence-corrected chi connectivity index (χ4v) is 3.61. The third-order valence-corrected chi connectivity index (χ3v) is 5.19. The summed E-state index contributed by atoms with van der Waals surface area (Å²) in [6.45, 7) is 9.66. The minimum atomic E-state index is -0.351. The zero-order valence-corrected chi connectivity index (χ0v) is 18.1. The maximum Gasteiger partial charge on any atom is 0.275 e. The van der Waals surface area contributed by atoms with Gasteiger partial charge in [0.1, 0.15) is 11.4 Å². The first kappa shape index (κ1) is 20.5. The van der Waals surface area contributed by atoms with Gasteiger partial charge < -0.3 is 10.2 Å². The van der Waals surface area contributed by atoms with Gasteiger partial charge in [0, 0.05) is 37.0 Å². The molecule has 0 fully saturated rings. The van der Waals surface area contributed by atoms with E-state index in [4.69, 9.17) is 0 Å². The Balaban J connectivity index is 1.78. The first-order valence-corrected chi connectivity index (χ1v) is 10.3. The number of hydrogen-bond donors (Lipinski definition) is 1. The van der Waals surface area contributed by atoms with Gasteiger partial charge in [0.2, 0.25) is 11.7 Å². The zero-order valence-electron chi connectivity index (χ0n) is 18.1. The quantitative estimate of drug-likeness (QED) is 0.592. The summed E-state index contributed by atoms with van der Waals surface area (Å²) in [4.78, 5) is 17.7. The van der Waals surface area contributed by atoms with Gasteiger partial charge in [-0.15, -0.1) is 10.2 Å². The van der Waals surface area contributed by atoms with Gasteiger partial charge in [-0.25, -0.2) is 0 Å². The lowest BCUT2D eigenvalue weighted by Crippen LogP contribution is -2.21. The molecule has 1 aliphatic rings. The minimum absolute atomic E-state index is 0.168.